The van der Waals surface area contributed by atoms with Crippen LogP contribution in [-0.2, 0) is 6.54 Å². The monoisotopic (exact) mass is 248 g/mol. The number of rotatable bonds is 3. The first-order valence-electron chi connectivity index (χ1n) is 5.47. The highest BCUT2D eigenvalue weighted by atomic mass is 19.1. The van der Waals surface area contributed by atoms with Gasteiger partial charge in [-0.25, -0.2) is 9.37 Å². The second-order valence-corrected chi connectivity index (χ2v) is 3.90. The van der Waals surface area contributed by atoms with Gasteiger partial charge in [0.05, 0.1) is 13.7 Å². The van der Waals surface area contributed by atoms with Gasteiger partial charge in [-0.3, -0.25) is 9.36 Å². The maximum atomic E-state index is 13.5. The maximum Gasteiger partial charge on any atom is 0.299 e. The lowest BCUT2D eigenvalue weighted by Gasteiger charge is -2.11. The Kier molecular flexibility index (Phi) is 3.41. The van der Waals surface area contributed by atoms with Crippen molar-refractivity contribution >= 4 is 0 Å². The SMILES string of the molecule is COc1nc(C)cc(=O)n1Cc1ccccc1F. The number of aromatic nitrogens is 2. The highest BCUT2D eigenvalue weighted by molar-refractivity contribution is 5.19. The smallest absolute Gasteiger partial charge is 0.299 e. The summed E-state index contributed by atoms with van der Waals surface area (Å²) >= 11 is 0. The molecule has 0 saturated heterocycles. The Labute approximate surface area is 104 Å². The van der Waals surface area contributed by atoms with E-state index in [1.807, 2.05) is 0 Å². The third kappa shape index (κ3) is 2.40. The molecule has 4 nitrogen and oxygen atoms in total. The van der Waals surface area contributed by atoms with Gasteiger partial charge < -0.3 is 4.74 Å². The third-order valence-electron chi connectivity index (χ3n) is 2.57. The van der Waals surface area contributed by atoms with Crippen LogP contribution in [0.3, 0.4) is 0 Å². The zero-order valence-electron chi connectivity index (χ0n) is 10.2. The molecule has 1 aromatic carbocycles. The van der Waals surface area contributed by atoms with Crippen LogP contribution >= 0.6 is 0 Å². The molecule has 0 aliphatic rings. The third-order valence-corrected chi connectivity index (χ3v) is 2.57. The van der Waals surface area contributed by atoms with Gasteiger partial charge in [0.15, 0.2) is 0 Å². The fraction of sp³-hybridized carbons (Fsp3) is 0.231. The normalized spacial score (nSPS) is 10.4. The van der Waals surface area contributed by atoms with Crippen LogP contribution in [0.1, 0.15) is 11.3 Å². The lowest BCUT2D eigenvalue weighted by molar-refractivity contribution is 0.349. The first-order chi connectivity index (χ1) is 8.61. The van der Waals surface area contributed by atoms with Gasteiger partial charge in [0, 0.05) is 17.3 Å². The zero-order valence-corrected chi connectivity index (χ0v) is 10.2. The van der Waals surface area contributed by atoms with Gasteiger partial charge >= 0.3 is 0 Å². The first-order valence-corrected chi connectivity index (χ1v) is 5.47. The molecular formula is C13H13FN2O2. The maximum absolute atomic E-state index is 13.5. The summed E-state index contributed by atoms with van der Waals surface area (Å²) in [4.78, 5) is 16.0. The molecule has 2 rings (SSSR count). The predicted octanol–water partition coefficient (Wildman–Crippen LogP) is 1.75. The molecule has 18 heavy (non-hydrogen) atoms. The Morgan fingerprint density at radius 3 is 2.78 bits per heavy atom. The number of hydrogen-bond donors (Lipinski definition) is 0. The lowest BCUT2D eigenvalue weighted by atomic mass is 10.2. The van der Waals surface area contributed by atoms with Crippen molar-refractivity contribution in [3.05, 3.63) is 57.8 Å². The standard InChI is InChI=1S/C13H13FN2O2/c1-9-7-12(17)16(13(15-9)18-2)8-10-5-3-4-6-11(10)14/h3-7H,8H2,1-2H3. The molecule has 0 spiro atoms. The van der Waals surface area contributed by atoms with Crippen LogP contribution in [0.25, 0.3) is 0 Å². The molecule has 0 unspecified atom stereocenters. The summed E-state index contributed by atoms with van der Waals surface area (Å²) in [5.41, 5.74) is 0.729. The average Bonchev–Trinajstić information content (AvgIpc) is 2.34. The largest absolute Gasteiger partial charge is 0.468 e. The number of halogens is 1. The lowest BCUT2D eigenvalue weighted by Crippen LogP contribution is -2.23. The van der Waals surface area contributed by atoms with E-state index in [9.17, 15) is 9.18 Å². The van der Waals surface area contributed by atoms with Crippen molar-refractivity contribution in [2.24, 2.45) is 0 Å². The summed E-state index contributed by atoms with van der Waals surface area (Å²) in [6.45, 7) is 1.80. The highest BCUT2D eigenvalue weighted by Gasteiger charge is 2.10. The molecule has 1 heterocycles. The summed E-state index contributed by atoms with van der Waals surface area (Å²) in [5.74, 6) is -0.355. The predicted molar refractivity (Wildman–Crippen MR) is 65.3 cm³/mol. The Balaban J connectivity index is 2.47. The molecule has 1 aromatic heterocycles. The van der Waals surface area contributed by atoms with Gasteiger partial charge in [0.2, 0.25) is 0 Å². The Bertz CT molecular complexity index is 623. The minimum absolute atomic E-state index is 0.0992. The summed E-state index contributed by atoms with van der Waals surface area (Å²) in [5, 5.41) is 0. The van der Waals surface area contributed by atoms with E-state index in [4.69, 9.17) is 4.74 Å². The molecule has 0 fully saturated rings. The summed E-state index contributed by atoms with van der Waals surface area (Å²) < 4.78 is 19.9. The zero-order chi connectivity index (χ0) is 13.1. The van der Waals surface area contributed by atoms with Crippen LogP contribution in [0.2, 0.25) is 0 Å². The molecule has 0 aliphatic carbocycles. The van der Waals surface area contributed by atoms with E-state index in [-0.39, 0.29) is 23.9 Å². The van der Waals surface area contributed by atoms with Crippen LogP contribution in [0.5, 0.6) is 6.01 Å². The molecule has 94 valence electrons. The van der Waals surface area contributed by atoms with Crippen molar-refractivity contribution in [3.63, 3.8) is 0 Å². The summed E-state index contributed by atoms with van der Waals surface area (Å²) in [6.07, 6.45) is 0. The Hall–Kier alpha value is -2.17. The highest BCUT2D eigenvalue weighted by Crippen LogP contribution is 2.11. The van der Waals surface area contributed by atoms with Gasteiger partial charge in [-0.15, -0.1) is 0 Å². The van der Waals surface area contributed by atoms with Crippen molar-refractivity contribution in [1.82, 2.24) is 9.55 Å². The summed E-state index contributed by atoms with van der Waals surface area (Å²) in [7, 11) is 1.43. The van der Waals surface area contributed by atoms with E-state index in [1.165, 1.54) is 23.8 Å². The van der Waals surface area contributed by atoms with Gasteiger partial charge in [-0.2, -0.15) is 0 Å². The Morgan fingerprint density at radius 1 is 1.39 bits per heavy atom. The van der Waals surface area contributed by atoms with E-state index < -0.39 is 0 Å². The van der Waals surface area contributed by atoms with Crippen LogP contribution in [0, 0.1) is 12.7 Å². The van der Waals surface area contributed by atoms with Crippen molar-refractivity contribution in [3.8, 4) is 6.01 Å². The topological polar surface area (TPSA) is 44.1 Å². The van der Waals surface area contributed by atoms with E-state index in [0.29, 0.717) is 11.3 Å². The molecule has 0 saturated carbocycles. The molecule has 0 radical (unpaired) electrons. The van der Waals surface area contributed by atoms with E-state index in [0.717, 1.165) is 0 Å². The number of aryl methyl sites for hydroxylation is 1. The fourth-order valence-corrected chi connectivity index (χ4v) is 1.69. The van der Waals surface area contributed by atoms with Crippen molar-refractivity contribution in [1.29, 1.82) is 0 Å². The molecule has 5 heteroatoms. The minimum atomic E-state index is -0.355. The van der Waals surface area contributed by atoms with Crippen molar-refractivity contribution < 1.29 is 9.13 Å². The molecular weight excluding hydrogens is 235 g/mol. The average molecular weight is 248 g/mol. The van der Waals surface area contributed by atoms with Crippen LogP contribution in [0.4, 0.5) is 4.39 Å². The summed E-state index contributed by atoms with van der Waals surface area (Å²) in [6, 6.07) is 7.88. The Morgan fingerprint density at radius 2 is 2.11 bits per heavy atom. The van der Waals surface area contributed by atoms with Gasteiger partial charge in [0.1, 0.15) is 5.82 Å². The van der Waals surface area contributed by atoms with E-state index >= 15 is 0 Å². The number of methoxy groups -OCH3 is 1. The quantitative estimate of drug-likeness (QED) is 0.831. The van der Waals surface area contributed by atoms with Gasteiger partial charge in [-0.05, 0) is 13.0 Å². The molecule has 0 N–H and O–H groups in total. The second kappa shape index (κ2) is 5.00. The van der Waals surface area contributed by atoms with E-state index in [1.54, 1.807) is 25.1 Å². The number of benzene rings is 1. The molecule has 2 aromatic rings. The second-order valence-electron chi connectivity index (χ2n) is 3.90. The van der Waals surface area contributed by atoms with Gasteiger partial charge in [-0.1, -0.05) is 18.2 Å². The van der Waals surface area contributed by atoms with E-state index in [2.05, 4.69) is 4.98 Å². The van der Waals surface area contributed by atoms with Crippen LogP contribution in [-0.4, -0.2) is 16.7 Å². The molecule has 0 amide bonds. The number of hydrogen-bond acceptors (Lipinski definition) is 3. The van der Waals surface area contributed by atoms with Crippen molar-refractivity contribution in [2.45, 2.75) is 13.5 Å². The molecule has 0 bridgehead atoms. The first kappa shape index (κ1) is 12.3. The minimum Gasteiger partial charge on any atom is -0.468 e. The van der Waals surface area contributed by atoms with Crippen LogP contribution in [0.15, 0.2) is 35.1 Å². The number of nitrogens with zero attached hydrogens (tertiary/aromatic N) is 2. The van der Waals surface area contributed by atoms with Crippen LogP contribution < -0.4 is 10.3 Å². The number of ether oxygens (including phenoxy) is 1. The molecule has 0 aliphatic heterocycles. The fourth-order valence-electron chi connectivity index (χ4n) is 1.69. The van der Waals surface area contributed by atoms with Gasteiger partial charge in [0.25, 0.3) is 11.6 Å². The van der Waals surface area contributed by atoms with Crippen molar-refractivity contribution in [2.75, 3.05) is 7.11 Å². The molecule has 0 atom stereocenters.